The quantitative estimate of drug-likeness (QED) is 0.917. The predicted octanol–water partition coefficient (Wildman–Crippen LogP) is 3.51. The average Bonchev–Trinajstić information content (AvgIpc) is 3.25. The number of aryl methyl sites for hydroxylation is 1. The maximum Gasteiger partial charge on any atom is 0.252 e. The summed E-state index contributed by atoms with van der Waals surface area (Å²) in [4.78, 5) is 13.6. The van der Waals surface area contributed by atoms with Crippen molar-refractivity contribution in [3.05, 3.63) is 34.0 Å². The summed E-state index contributed by atoms with van der Waals surface area (Å²) in [5, 5.41) is 13.2. The molecule has 0 aliphatic heterocycles. The summed E-state index contributed by atoms with van der Waals surface area (Å²) in [5.74, 6) is 0.815. The van der Waals surface area contributed by atoms with Gasteiger partial charge in [0.2, 0.25) is 0 Å². The lowest BCUT2D eigenvalue weighted by atomic mass is 10.2. The number of nitrogens with zero attached hydrogens (tertiary/aromatic N) is 3. The third kappa shape index (κ3) is 3.06. The third-order valence-electron chi connectivity index (χ3n) is 4.32. The number of aromatic nitrogens is 3. The van der Waals surface area contributed by atoms with Crippen molar-refractivity contribution in [2.75, 3.05) is 0 Å². The van der Waals surface area contributed by atoms with Gasteiger partial charge in [0, 0.05) is 16.3 Å². The van der Waals surface area contributed by atoms with E-state index in [-0.39, 0.29) is 11.9 Å². The van der Waals surface area contributed by atoms with Gasteiger partial charge >= 0.3 is 0 Å². The highest BCUT2D eigenvalue weighted by atomic mass is 32.1. The van der Waals surface area contributed by atoms with Gasteiger partial charge in [-0.1, -0.05) is 19.8 Å². The molecule has 22 heavy (non-hydrogen) atoms. The third-order valence-corrected chi connectivity index (χ3v) is 5.40. The van der Waals surface area contributed by atoms with E-state index >= 15 is 0 Å². The predicted molar refractivity (Wildman–Crippen MR) is 87.1 cm³/mol. The largest absolute Gasteiger partial charge is 0.342 e. The molecule has 3 rings (SSSR count). The van der Waals surface area contributed by atoms with E-state index in [0.717, 1.165) is 17.8 Å². The summed E-state index contributed by atoms with van der Waals surface area (Å²) in [6.45, 7) is 4.07. The number of hydrogen-bond donors (Lipinski definition) is 1. The van der Waals surface area contributed by atoms with Crippen LogP contribution >= 0.6 is 11.3 Å². The van der Waals surface area contributed by atoms with Crippen LogP contribution in [-0.2, 0) is 6.42 Å². The Kier molecular flexibility index (Phi) is 4.57. The van der Waals surface area contributed by atoms with Crippen LogP contribution in [0.25, 0.3) is 0 Å². The van der Waals surface area contributed by atoms with E-state index in [1.807, 2.05) is 18.4 Å². The van der Waals surface area contributed by atoms with Gasteiger partial charge in [-0.15, -0.1) is 21.5 Å². The summed E-state index contributed by atoms with van der Waals surface area (Å²) in [6.07, 6.45) is 7.64. The Hall–Kier alpha value is -1.69. The van der Waals surface area contributed by atoms with Crippen molar-refractivity contribution >= 4 is 17.2 Å². The van der Waals surface area contributed by atoms with E-state index < -0.39 is 0 Å². The molecular formula is C16H22N4OS. The Labute approximate surface area is 134 Å². The normalized spacial score (nSPS) is 16.8. The van der Waals surface area contributed by atoms with Crippen LogP contribution in [0.15, 0.2) is 17.8 Å². The molecule has 5 nitrogen and oxygen atoms in total. The Morgan fingerprint density at radius 1 is 1.50 bits per heavy atom. The Balaban J connectivity index is 1.70. The molecule has 2 aromatic heterocycles. The van der Waals surface area contributed by atoms with Gasteiger partial charge in [0.1, 0.15) is 6.33 Å². The van der Waals surface area contributed by atoms with Crippen LogP contribution in [0.3, 0.4) is 0 Å². The molecule has 0 spiro atoms. The van der Waals surface area contributed by atoms with Crippen LogP contribution in [0, 0.1) is 0 Å². The highest BCUT2D eigenvalue weighted by Crippen LogP contribution is 2.31. The van der Waals surface area contributed by atoms with Crippen LogP contribution in [0.5, 0.6) is 0 Å². The van der Waals surface area contributed by atoms with Gasteiger partial charge < -0.3 is 9.88 Å². The van der Waals surface area contributed by atoms with Crippen molar-refractivity contribution in [1.82, 2.24) is 20.1 Å². The number of nitrogens with one attached hydrogen (secondary N) is 1. The zero-order chi connectivity index (χ0) is 15.5. The van der Waals surface area contributed by atoms with E-state index in [9.17, 15) is 4.79 Å². The van der Waals surface area contributed by atoms with Gasteiger partial charge in [0.25, 0.3) is 5.91 Å². The zero-order valence-electron chi connectivity index (χ0n) is 13.1. The van der Waals surface area contributed by atoms with Crippen LogP contribution < -0.4 is 5.32 Å². The Morgan fingerprint density at radius 2 is 2.27 bits per heavy atom. The average molecular weight is 318 g/mol. The van der Waals surface area contributed by atoms with Crippen LogP contribution in [0.2, 0.25) is 0 Å². The van der Waals surface area contributed by atoms with Crippen LogP contribution in [0.1, 0.15) is 72.7 Å². The van der Waals surface area contributed by atoms with E-state index in [2.05, 4.69) is 27.0 Å². The first-order valence-electron chi connectivity index (χ1n) is 7.96. The van der Waals surface area contributed by atoms with E-state index in [4.69, 9.17) is 0 Å². The van der Waals surface area contributed by atoms with Crippen molar-refractivity contribution in [2.45, 2.75) is 58.0 Å². The van der Waals surface area contributed by atoms with Crippen molar-refractivity contribution in [3.63, 3.8) is 0 Å². The molecule has 1 fully saturated rings. The molecular weight excluding hydrogens is 296 g/mol. The summed E-state index contributed by atoms with van der Waals surface area (Å²) >= 11 is 1.63. The molecule has 2 heterocycles. The molecule has 2 aromatic rings. The summed E-state index contributed by atoms with van der Waals surface area (Å²) in [6, 6.07) is 2.31. The smallest absolute Gasteiger partial charge is 0.252 e. The number of carbonyl (C=O) groups excluding carboxylic acids is 1. The molecule has 6 heteroatoms. The fourth-order valence-corrected chi connectivity index (χ4v) is 3.87. The van der Waals surface area contributed by atoms with E-state index in [1.54, 1.807) is 17.7 Å². The van der Waals surface area contributed by atoms with Crippen LogP contribution in [-0.4, -0.2) is 20.7 Å². The number of rotatable bonds is 5. The minimum absolute atomic E-state index is 0.0376. The standard InChI is InChI=1S/C16H22N4OS/c1-3-14-8-12(9-22-14)16(21)18-11(2)15-19-17-10-20(15)13-6-4-5-7-13/h8-11,13H,3-7H2,1-2H3,(H,18,21)/t11-/m1/s1. The minimum atomic E-state index is -0.138. The second-order valence-corrected chi connectivity index (χ2v) is 6.88. The lowest BCUT2D eigenvalue weighted by Crippen LogP contribution is -2.29. The van der Waals surface area contributed by atoms with E-state index in [1.165, 1.54) is 30.6 Å². The van der Waals surface area contributed by atoms with Gasteiger partial charge in [-0.05, 0) is 32.3 Å². The van der Waals surface area contributed by atoms with E-state index in [0.29, 0.717) is 6.04 Å². The second-order valence-electron chi connectivity index (χ2n) is 5.89. The topological polar surface area (TPSA) is 59.8 Å². The Morgan fingerprint density at radius 3 is 2.95 bits per heavy atom. The van der Waals surface area contributed by atoms with Crippen molar-refractivity contribution in [2.24, 2.45) is 0 Å². The number of amides is 1. The number of hydrogen-bond acceptors (Lipinski definition) is 4. The fraction of sp³-hybridized carbons (Fsp3) is 0.562. The van der Waals surface area contributed by atoms with Gasteiger partial charge in [0.05, 0.1) is 11.6 Å². The molecule has 118 valence electrons. The number of carbonyl (C=O) groups is 1. The fourth-order valence-electron chi connectivity index (χ4n) is 3.06. The molecule has 1 aliphatic rings. The molecule has 0 unspecified atom stereocenters. The van der Waals surface area contributed by atoms with Gasteiger partial charge in [-0.3, -0.25) is 4.79 Å². The van der Waals surface area contributed by atoms with Gasteiger partial charge in [-0.2, -0.15) is 0 Å². The van der Waals surface area contributed by atoms with Gasteiger partial charge in [-0.25, -0.2) is 0 Å². The first-order chi connectivity index (χ1) is 10.7. The molecule has 1 atom stereocenters. The molecule has 1 aliphatic carbocycles. The maximum absolute atomic E-state index is 12.4. The molecule has 0 bridgehead atoms. The van der Waals surface area contributed by atoms with Crippen molar-refractivity contribution < 1.29 is 4.79 Å². The summed E-state index contributed by atoms with van der Waals surface area (Å²) < 4.78 is 2.14. The molecule has 1 N–H and O–H groups in total. The highest BCUT2D eigenvalue weighted by molar-refractivity contribution is 7.10. The number of thiophene rings is 1. The lowest BCUT2D eigenvalue weighted by Gasteiger charge is -2.18. The van der Waals surface area contributed by atoms with Crippen molar-refractivity contribution in [3.8, 4) is 0 Å². The molecule has 1 amide bonds. The molecule has 0 radical (unpaired) electrons. The SMILES string of the molecule is CCc1cc(C(=O)N[C@H](C)c2nncn2C2CCCC2)cs1. The monoisotopic (exact) mass is 318 g/mol. The van der Waals surface area contributed by atoms with Crippen LogP contribution in [0.4, 0.5) is 0 Å². The first-order valence-corrected chi connectivity index (χ1v) is 8.84. The lowest BCUT2D eigenvalue weighted by molar-refractivity contribution is 0.0937. The summed E-state index contributed by atoms with van der Waals surface area (Å²) in [7, 11) is 0. The maximum atomic E-state index is 12.4. The molecule has 0 aromatic carbocycles. The first kappa shape index (κ1) is 15.2. The highest BCUT2D eigenvalue weighted by Gasteiger charge is 2.23. The minimum Gasteiger partial charge on any atom is -0.342 e. The Bertz CT molecular complexity index is 642. The summed E-state index contributed by atoms with van der Waals surface area (Å²) in [5.41, 5.74) is 0.737. The molecule has 1 saturated carbocycles. The molecule has 0 saturated heterocycles. The van der Waals surface area contributed by atoms with Crippen molar-refractivity contribution in [1.29, 1.82) is 0 Å². The van der Waals surface area contributed by atoms with Gasteiger partial charge in [0.15, 0.2) is 5.82 Å². The second kappa shape index (κ2) is 6.60. The zero-order valence-corrected chi connectivity index (χ0v) is 13.9.